The molecule has 1 fully saturated rings. The van der Waals surface area contributed by atoms with E-state index in [-0.39, 0.29) is 24.3 Å². The number of likely N-dealkylation sites (N-methyl/N-ethyl adjacent to an activating group) is 1. The molecule has 1 aliphatic rings. The summed E-state index contributed by atoms with van der Waals surface area (Å²) in [6.07, 6.45) is 5.37. The van der Waals surface area contributed by atoms with Crippen LogP contribution in [0.4, 0.5) is 5.69 Å². The largest absolute Gasteiger partial charge is 0.336 e. The number of carbonyl (C=O) groups excluding carboxylic acids is 2. The molecule has 5 heteroatoms. The smallest absolute Gasteiger partial charge is 0.243 e. The Balaban J connectivity index is 1.89. The molecule has 1 saturated carbocycles. The average molecular weight is 367 g/mol. The molecular weight excluding hydrogens is 344 g/mol. The number of amides is 2. The van der Waals surface area contributed by atoms with Crippen LogP contribution in [0.15, 0.2) is 22.7 Å². The second kappa shape index (κ2) is 7.77. The van der Waals surface area contributed by atoms with Gasteiger partial charge in [0.15, 0.2) is 0 Å². The first-order valence-electron chi connectivity index (χ1n) is 7.78. The highest BCUT2D eigenvalue weighted by Gasteiger charge is 2.25. The van der Waals surface area contributed by atoms with Crippen molar-refractivity contribution >= 4 is 33.4 Å². The second-order valence-corrected chi connectivity index (χ2v) is 6.95. The summed E-state index contributed by atoms with van der Waals surface area (Å²) in [7, 11) is 1.71. The first-order chi connectivity index (χ1) is 10.5. The number of hydrogen-bond donors (Lipinski definition) is 1. The molecule has 1 aromatic rings. The molecule has 1 N–H and O–H groups in total. The molecule has 0 aromatic heterocycles. The second-order valence-electron chi connectivity index (χ2n) is 6.04. The van der Waals surface area contributed by atoms with Gasteiger partial charge in [0.1, 0.15) is 0 Å². The van der Waals surface area contributed by atoms with Gasteiger partial charge in [0.05, 0.1) is 6.54 Å². The van der Waals surface area contributed by atoms with Crippen LogP contribution in [0.5, 0.6) is 0 Å². The summed E-state index contributed by atoms with van der Waals surface area (Å²) in [6, 6.07) is 5.70. The van der Waals surface area contributed by atoms with E-state index in [1.165, 1.54) is 6.42 Å². The molecule has 0 atom stereocenters. The number of hydrogen-bond acceptors (Lipinski definition) is 2. The van der Waals surface area contributed by atoms with Gasteiger partial charge in [0, 0.05) is 23.1 Å². The highest BCUT2D eigenvalue weighted by Crippen LogP contribution is 2.25. The van der Waals surface area contributed by atoms with E-state index in [2.05, 4.69) is 21.2 Å². The van der Waals surface area contributed by atoms with E-state index in [9.17, 15) is 9.59 Å². The Morgan fingerprint density at radius 2 is 1.95 bits per heavy atom. The van der Waals surface area contributed by atoms with Crippen LogP contribution in [0.2, 0.25) is 0 Å². The maximum absolute atomic E-state index is 12.3. The quantitative estimate of drug-likeness (QED) is 0.882. The lowest BCUT2D eigenvalue weighted by atomic mass is 9.88. The molecule has 0 aliphatic heterocycles. The summed E-state index contributed by atoms with van der Waals surface area (Å²) < 4.78 is 0.979. The minimum absolute atomic E-state index is 0.0981. The lowest BCUT2D eigenvalue weighted by molar-refractivity contribution is -0.137. The molecule has 4 nitrogen and oxygen atoms in total. The van der Waals surface area contributed by atoms with Gasteiger partial charge in [-0.2, -0.15) is 0 Å². The van der Waals surface area contributed by atoms with E-state index >= 15 is 0 Å². The highest BCUT2D eigenvalue weighted by molar-refractivity contribution is 9.10. The lowest BCUT2D eigenvalue weighted by Crippen LogP contribution is -2.39. The van der Waals surface area contributed by atoms with Crippen molar-refractivity contribution in [2.24, 2.45) is 5.92 Å². The summed E-state index contributed by atoms with van der Waals surface area (Å²) >= 11 is 3.40. The topological polar surface area (TPSA) is 49.4 Å². The minimum Gasteiger partial charge on any atom is -0.336 e. The van der Waals surface area contributed by atoms with Gasteiger partial charge in [-0.25, -0.2) is 0 Å². The van der Waals surface area contributed by atoms with E-state index in [4.69, 9.17) is 0 Å². The molecule has 0 bridgehead atoms. The average Bonchev–Trinajstić information content (AvgIpc) is 2.50. The molecule has 2 amide bonds. The van der Waals surface area contributed by atoms with Crippen LogP contribution in [0.1, 0.15) is 37.7 Å². The summed E-state index contributed by atoms with van der Waals surface area (Å²) in [4.78, 5) is 26.0. The van der Waals surface area contributed by atoms with Gasteiger partial charge >= 0.3 is 0 Å². The number of halogens is 1. The molecule has 0 spiro atoms. The molecule has 1 aromatic carbocycles. The number of nitrogens with zero attached hydrogens (tertiary/aromatic N) is 1. The Labute approximate surface area is 140 Å². The Hall–Kier alpha value is -1.36. The molecule has 2 rings (SSSR count). The van der Waals surface area contributed by atoms with Gasteiger partial charge in [0.2, 0.25) is 11.8 Å². The fraction of sp³-hybridized carbons (Fsp3) is 0.529. The third-order valence-corrected chi connectivity index (χ3v) is 4.67. The summed E-state index contributed by atoms with van der Waals surface area (Å²) in [5.74, 6) is 0.0421. The highest BCUT2D eigenvalue weighted by atomic mass is 79.9. The molecule has 0 saturated heterocycles. The maximum Gasteiger partial charge on any atom is 0.243 e. The molecular formula is C17H23BrN2O2. The number of benzene rings is 1. The van der Waals surface area contributed by atoms with Crippen molar-refractivity contribution in [3.63, 3.8) is 0 Å². The molecule has 22 heavy (non-hydrogen) atoms. The van der Waals surface area contributed by atoms with E-state index in [0.29, 0.717) is 0 Å². The first kappa shape index (κ1) is 17.0. The van der Waals surface area contributed by atoms with Crippen LogP contribution in [-0.2, 0) is 9.59 Å². The van der Waals surface area contributed by atoms with Gasteiger partial charge in [-0.1, -0.05) is 35.2 Å². The predicted octanol–water partition coefficient (Wildman–Crippen LogP) is 3.73. The fourth-order valence-electron chi connectivity index (χ4n) is 2.91. The van der Waals surface area contributed by atoms with Gasteiger partial charge in [-0.3, -0.25) is 9.59 Å². The SMILES string of the molecule is Cc1cc(Br)ccc1NC(=O)CN(C)C(=O)C1CCCCC1. The molecule has 0 unspecified atom stereocenters. The van der Waals surface area contributed by atoms with Crippen molar-refractivity contribution < 1.29 is 9.59 Å². The Bertz CT molecular complexity index is 554. The number of nitrogens with one attached hydrogen (secondary N) is 1. The van der Waals surface area contributed by atoms with Crippen molar-refractivity contribution in [3.05, 3.63) is 28.2 Å². The van der Waals surface area contributed by atoms with Crippen LogP contribution >= 0.6 is 15.9 Å². The molecule has 120 valence electrons. The van der Waals surface area contributed by atoms with E-state index in [1.54, 1.807) is 11.9 Å². The zero-order valence-corrected chi connectivity index (χ0v) is 14.8. The maximum atomic E-state index is 12.3. The van der Waals surface area contributed by atoms with Crippen LogP contribution in [0, 0.1) is 12.8 Å². The van der Waals surface area contributed by atoms with Crippen molar-refractivity contribution in [3.8, 4) is 0 Å². The van der Waals surface area contributed by atoms with Crippen LogP contribution in [-0.4, -0.2) is 30.3 Å². The standard InChI is InChI=1S/C17H23BrN2O2/c1-12-10-14(18)8-9-15(12)19-16(21)11-20(2)17(22)13-6-4-3-5-7-13/h8-10,13H,3-7,11H2,1-2H3,(H,19,21). The first-order valence-corrected chi connectivity index (χ1v) is 8.57. The molecule has 1 aliphatic carbocycles. The van der Waals surface area contributed by atoms with Crippen LogP contribution < -0.4 is 5.32 Å². The van der Waals surface area contributed by atoms with Gasteiger partial charge < -0.3 is 10.2 Å². The van der Waals surface area contributed by atoms with Crippen molar-refractivity contribution in [1.82, 2.24) is 4.90 Å². The van der Waals surface area contributed by atoms with Crippen molar-refractivity contribution in [2.75, 3.05) is 18.9 Å². The minimum atomic E-state index is -0.155. The molecule has 0 heterocycles. The van der Waals surface area contributed by atoms with Crippen LogP contribution in [0.3, 0.4) is 0 Å². The van der Waals surface area contributed by atoms with E-state index < -0.39 is 0 Å². The van der Waals surface area contributed by atoms with Gasteiger partial charge in [-0.05, 0) is 43.5 Å². The Kier molecular flexibility index (Phi) is 6.00. The third kappa shape index (κ3) is 4.57. The summed E-state index contributed by atoms with van der Waals surface area (Å²) in [5, 5.41) is 2.87. The Morgan fingerprint density at radius 3 is 2.59 bits per heavy atom. The molecule has 0 radical (unpaired) electrons. The van der Waals surface area contributed by atoms with Crippen LogP contribution in [0.25, 0.3) is 0 Å². The number of anilines is 1. The van der Waals surface area contributed by atoms with E-state index in [1.807, 2.05) is 25.1 Å². The van der Waals surface area contributed by atoms with Crippen molar-refractivity contribution in [2.45, 2.75) is 39.0 Å². The zero-order valence-electron chi connectivity index (χ0n) is 13.2. The lowest BCUT2D eigenvalue weighted by Gasteiger charge is -2.26. The normalized spacial score (nSPS) is 15.4. The third-order valence-electron chi connectivity index (χ3n) is 4.17. The van der Waals surface area contributed by atoms with Gasteiger partial charge in [0.25, 0.3) is 0 Å². The zero-order chi connectivity index (χ0) is 16.1. The number of carbonyl (C=O) groups is 2. The summed E-state index contributed by atoms with van der Waals surface area (Å²) in [6.45, 7) is 2.04. The number of aryl methyl sites for hydroxylation is 1. The number of rotatable bonds is 4. The fourth-order valence-corrected chi connectivity index (χ4v) is 3.39. The summed E-state index contributed by atoms with van der Waals surface area (Å²) in [5.41, 5.74) is 1.77. The Morgan fingerprint density at radius 1 is 1.27 bits per heavy atom. The monoisotopic (exact) mass is 366 g/mol. The van der Waals surface area contributed by atoms with Crippen molar-refractivity contribution in [1.29, 1.82) is 0 Å². The van der Waals surface area contributed by atoms with Gasteiger partial charge in [-0.15, -0.1) is 0 Å². The predicted molar refractivity (Wildman–Crippen MR) is 91.7 cm³/mol. The van der Waals surface area contributed by atoms with E-state index in [0.717, 1.165) is 41.4 Å².